The van der Waals surface area contributed by atoms with Gasteiger partial charge in [-0.1, -0.05) is 0 Å². The highest BCUT2D eigenvalue weighted by Crippen LogP contribution is 2.47. The molecule has 1 aliphatic heterocycles. The first-order valence-electron chi connectivity index (χ1n) is 5.95. The SMILES string of the molecule is CN(C(=O)C1(CO)CC1)c1ccc2c(c1)OCO2. The van der Waals surface area contributed by atoms with Crippen molar-refractivity contribution in [2.75, 3.05) is 25.3 Å². The number of amides is 1. The zero-order valence-corrected chi connectivity index (χ0v) is 10.2. The number of ether oxygens (including phenoxy) is 2. The minimum Gasteiger partial charge on any atom is -0.454 e. The second kappa shape index (κ2) is 3.88. The molecule has 1 N–H and O–H groups in total. The molecule has 2 aliphatic rings. The second-order valence-electron chi connectivity index (χ2n) is 4.84. The normalized spacial score (nSPS) is 18.6. The highest BCUT2D eigenvalue weighted by Gasteiger charge is 2.50. The first-order valence-corrected chi connectivity index (χ1v) is 5.95. The Morgan fingerprint density at radius 2 is 2.11 bits per heavy atom. The van der Waals surface area contributed by atoms with Crippen LogP contribution in [0.15, 0.2) is 18.2 Å². The van der Waals surface area contributed by atoms with Crippen LogP contribution in [0, 0.1) is 5.41 Å². The van der Waals surface area contributed by atoms with Gasteiger partial charge in [0.05, 0.1) is 12.0 Å². The standard InChI is InChI=1S/C13H15NO4/c1-14(12(16)13(7-15)4-5-13)9-2-3-10-11(6-9)18-8-17-10/h2-3,6,15H,4-5,7-8H2,1H3. The number of nitrogens with zero attached hydrogens (tertiary/aromatic N) is 1. The fraction of sp³-hybridized carbons (Fsp3) is 0.462. The monoisotopic (exact) mass is 249 g/mol. The molecule has 1 fully saturated rings. The van der Waals surface area contributed by atoms with E-state index in [0.717, 1.165) is 18.5 Å². The van der Waals surface area contributed by atoms with Crippen LogP contribution in [0.25, 0.3) is 0 Å². The molecule has 0 bridgehead atoms. The molecule has 0 spiro atoms. The lowest BCUT2D eigenvalue weighted by Crippen LogP contribution is -2.36. The Labute approximate surface area is 105 Å². The third-order valence-corrected chi connectivity index (χ3v) is 3.66. The highest BCUT2D eigenvalue weighted by molar-refractivity contribution is 5.99. The number of aliphatic hydroxyl groups is 1. The summed E-state index contributed by atoms with van der Waals surface area (Å²) in [5.74, 6) is 1.31. The van der Waals surface area contributed by atoms with E-state index in [-0.39, 0.29) is 19.3 Å². The summed E-state index contributed by atoms with van der Waals surface area (Å²) in [4.78, 5) is 13.8. The molecule has 0 radical (unpaired) electrons. The molecule has 1 heterocycles. The molecule has 0 atom stereocenters. The van der Waals surface area contributed by atoms with Gasteiger partial charge in [-0.2, -0.15) is 0 Å². The number of benzene rings is 1. The van der Waals surface area contributed by atoms with Crippen LogP contribution in [-0.2, 0) is 4.79 Å². The average molecular weight is 249 g/mol. The molecule has 96 valence electrons. The molecule has 0 aromatic heterocycles. The third-order valence-electron chi connectivity index (χ3n) is 3.66. The van der Waals surface area contributed by atoms with Gasteiger partial charge in [-0.3, -0.25) is 4.79 Å². The highest BCUT2D eigenvalue weighted by atomic mass is 16.7. The molecule has 5 heteroatoms. The van der Waals surface area contributed by atoms with E-state index in [0.29, 0.717) is 11.5 Å². The summed E-state index contributed by atoms with van der Waals surface area (Å²) in [6.07, 6.45) is 1.52. The fourth-order valence-corrected chi connectivity index (χ4v) is 2.16. The van der Waals surface area contributed by atoms with Crippen molar-refractivity contribution >= 4 is 11.6 Å². The summed E-state index contributed by atoms with van der Waals surface area (Å²) in [5, 5.41) is 9.29. The van der Waals surface area contributed by atoms with E-state index in [1.165, 1.54) is 0 Å². The molecule has 1 aromatic carbocycles. The van der Waals surface area contributed by atoms with E-state index in [1.54, 1.807) is 24.1 Å². The summed E-state index contributed by atoms with van der Waals surface area (Å²) >= 11 is 0. The average Bonchev–Trinajstić information content (AvgIpc) is 3.07. The van der Waals surface area contributed by atoms with Crippen molar-refractivity contribution < 1.29 is 19.4 Å². The largest absolute Gasteiger partial charge is 0.454 e. The second-order valence-corrected chi connectivity index (χ2v) is 4.84. The Morgan fingerprint density at radius 1 is 1.39 bits per heavy atom. The lowest BCUT2D eigenvalue weighted by Gasteiger charge is -2.22. The van der Waals surface area contributed by atoms with E-state index in [4.69, 9.17) is 9.47 Å². The van der Waals surface area contributed by atoms with Gasteiger partial charge in [0.25, 0.3) is 0 Å². The number of rotatable bonds is 3. The first-order chi connectivity index (χ1) is 8.66. The number of hydrogen-bond acceptors (Lipinski definition) is 4. The van der Waals surface area contributed by atoms with E-state index in [9.17, 15) is 9.90 Å². The molecule has 1 amide bonds. The van der Waals surface area contributed by atoms with Gasteiger partial charge >= 0.3 is 0 Å². The molecule has 1 saturated carbocycles. The maximum absolute atomic E-state index is 12.3. The van der Waals surface area contributed by atoms with Crippen LogP contribution in [-0.4, -0.2) is 31.5 Å². The molecule has 0 unspecified atom stereocenters. The third kappa shape index (κ3) is 1.62. The summed E-state index contributed by atoms with van der Waals surface area (Å²) in [6.45, 7) is 0.137. The fourth-order valence-electron chi connectivity index (χ4n) is 2.16. The summed E-state index contributed by atoms with van der Waals surface area (Å²) in [5.41, 5.74) is 0.203. The van der Waals surface area contributed by atoms with Gasteiger partial charge in [0.15, 0.2) is 11.5 Å². The first kappa shape index (κ1) is 11.3. The smallest absolute Gasteiger partial charge is 0.235 e. The predicted octanol–water partition coefficient (Wildman–Crippen LogP) is 1.15. The molecule has 3 rings (SSSR count). The zero-order valence-electron chi connectivity index (χ0n) is 10.2. The van der Waals surface area contributed by atoms with Crippen LogP contribution in [0.4, 0.5) is 5.69 Å². The van der Waals surface area contributed by atoms with Gasteiger partial charge in [-0.25, -0.2) is 0 Å². The van der Waals surface area contributed by atoms with Crippen LogP contribution < -0.4 is 14.4 Å². The summed E-state index contributed by atoms with van der Waals surface area (Å²) in [6, 6.07) is 5.40. The number of anilines is 1. The van der Waals surface area contributed by atoms with Crippen molar-refractivity contribution in [3.63, 3.8) is 0 Å². The van der Waals surface area contributed by atoms with Gasteiger partial charge < -0.3 is 19.5 Å². The van der Waals surface area contributed by atoms with Crippen molar-refractivity contribution in [3.05, 3.63) is 18.2 Å². The van der Waals surface area contributed by atoms with Gasteiger partial charge in [0, 0.05) is 18.8 Å². The van der Waals surface area contributed by atoms with Crippen molar-refractivity contribution in [1.82, 2.24) is 0 Å². The number of fused-ring (bicyclic) bond motifs is 1. The molecule has 5 nitrogen and oxygen atoms in total. The van der Waals surface area contributed by atoms with Gasteiger partial charge in [0.2, 0.25) is 12.7 Å². The van der Waals surface area contributed by atoms with Crippen LogP contribution in [0.3, 0.4) is 0 Å². The number of carbonyl (C=O) groups excluding carboxylic acids is 1. The van der Waals surface area contributed by atoms with Crippen LogP contribution in [0.2, 0.25) is 0 Å². The number of aliphatic hydroxyl groups excluding tert-OH is 1. The van der Waals surface area contributed by atoms with Gasteiger partial charge in [0.1, 0.15) is 0 Å². The number of hydrogen-bond donors (Lipinski definition) is 1. The lowest BCUT2D eigenvalue weighted by molar-refractivity contribution is -0.124. The Hall–Kier alpha value is -1.75. The lowest BCUT2D eigenvalue weighted by atomic mass is 10.1. The zero-order chi connectivity index (χ0) is 12.8. The summed E-state index contributed by atoms with van der Waals surface area (Å²) in [7, 11) is 1.72. The maximum Gasteiger partial charge on any atom is 0.235 e. The number of carbonyl (C=O) groups is 1. The minimum absolute atomic E-state index is 0.0381. The van der Waals surface area contributed by atoms with Crippen LogP contribution in [0.5, 0.6) is 11.5 Å². The Balaban J connectivity index is 1.84. The van der Waals surface area contributed by atoms with E-state index in [1.807, 2.05) is 6.07 Å². The Morgan fingerprint density at radius 3 is 2.78 bits per heavy atom. The van der Waals surface area contributed by atoms with Crippen molar-refractivity contribution in [3.8, 4) is 11.5 Å². The Bertz CT molecular complexity index is 496. The Kier molecular flexibility index (Phi) is 2.45. The molecule has 1 aliphatic carbocycles. The molecule has 1 aromatic rings. The van der Waals surface area contributed by atoms with Crippen molar-refractivity contribution in [2.24, 2.45) is 5.41 Å². The van der Waals surface area contributed by atoms with Crippen molar-refractivity contribution in [1.29, 1.82) is 0 Å². The molecule has 18 heavy (non-hydrogen) atoms. The molecular formula is C13H15NO4. The topological polar surface area (TPSA) is 59.0 Å². The minimum atomic E-state index is -0.550. The molecule has 0 saturated heterocycles. The van der Waals surface area contributed by atoms with E-state index < -0.39 is 5.41 Å². The van der Waals surface area contributed by atoms with Crippen molar-refractivity contribution in [2.45, 2.75) is 12.8 Å². The van der Waals surface area contributed by atoms with Crippen LogP contribution >= 0.6 is 0 Å². The quantitative estimate of drug-likeness (QED) is 0.873. The van der Waals surface area contributed by atoms with Gasteiger partial charge in [-0.15, -0.1) is 0 Å². The maximum atomic E-state index is 12.3. The van der Waals surface area contributed by atoms with E-state index >= 15 is 0 Å². The molecular weight excluding hydrogens is 234 g/mol. The predicted molar refractivity (Wildman–Crippen MR) is 64.7 cm³/mol. The summed E-state index contributed by atoms with van der Waals surface area (Å²) < 4.78 is 10.5. The van der Waals surface area contributed by atoms with E-state index in [2.05, 4.69) is 0 Å². The van der Waals surface area contributed by atoms with Gasteiger partial charge in [-0.05, 0) is 25.0 Å². The van der Waals surface area contributed by atoms with Crippen LogP contribution in [0.1, 0.15) is 12.8 Å².